The van der Waals surface area contributed by atoms with Gasteiger partial charge in [0.25, 0.3) is 0 Å². The first kappa shape index (κ1) is 12.4. The van der Waals surface area contributed by atoms with E-state index in [1.807, 2.05) is 0 Å². The maximum absolute atomic E-state index is 12.6. The van der Waals surface area contributed by atoms with Crippen molar-refractivity contribution in [3.8, 4) is 0 Å². The van der Waals surface area contributed by atoms with Crippen molar-refractivity contribution in [3.05, 3.63) is 0 Å². The Bertz CT molecular complexity index is 537. The highest BCUT2D eigenvalue weighted by molar-refractivity contribution is 6.05. The molecular weight excluding hydrogens is 272 g/mol. The highest BCUT2D eigenvalue weighted by atomic mass is 16.6. The smallest absolute Gasteiger partial charge is 0.316 e. The van der Waals surface area contributed by atoms with E-state index in [1.165, 1.54) is 27.1 Å². The fraction of sp³-hybridized carbons (Fsp3) is 0.875. The third kappa shape index (κ3) is 0.732. The summed E-state index contributed by atoms with van der Waals surface area (Å²) in [5, 5.41) is 0. The maximum Gasteiger partial charge on any atom is 0.316 e. The minimum Gasteiger partial charge on any atom is -0.468 e. The molecule has 6 unspecified atom stereocenters. The van der Waals surface area contributed by atoms with Gasteiger partial charge in [0.15, 0.2) is 0 Å². The number of hydrogen-bond acceptors (Lipinski definition) is 5. The first-order valence-electron chi connectivity index (χ1n) is 7.97. The first-order valence-corrected chi connectivity index (χ1v) is 7.97. The van der Waals surface area contributed by atoms with E-state index >= 15 is 0 Å². The normalized spacial score (nSPS) is 57.8. The summed E-state index contributed by atoms with van der Waals surface area (Å²) >= 11 is 0. The quantitative estimate of drug-likeness (QED) is 0.721. The number of ether oxygens (including phenoxy) is 3. The topological polar surface area (TPSA) is 61.8 Å². The zero-order valence-corrected chi connectivity index (χ0v) is 12.4. The summed E-state index contributed by atoms with van der Waals surface area (Å²) in [5.74, 6) is -0.511. The van der Waals surface area contributed by atoms with Crippen LogP contribution in [0, 0.1) is 21.7 Å². The molecule has 6 rings (SSSR count). The standard InChI is InChI=1S/C16H20O5/c1-19-11(17)15-9-13(15)7-5-3-4-6-8-14(13)10(21-9)16(14,15)12(18)20-2/h9-10H,3-8H2,1-2H3. The van der Waals surface area contributed by atoms with E-state index < -0.39 is 10.8 Å². The third-order valence-electron chi connectivity index (χ3n) is 7.52. The van der Waals surface area contributed by atoms with E-state index in [0.717, 1.165) is 25.7 Å². The van der Waals surface area contributed by atoms with E-state index in [9.17, 15) is 9.59 Å². The van der Waals surface area contributed by atoms with Crippen molar-refractivity contribution in [1.82, 2.24) is 0 Å². The van der Waals surface area contributed by atoms with Crippen molar-refractivity contribution in [3.63, 3.8) is 0 Å². The van der Waals surface area contributed by atoms with Crippen LogP contribution in [0.2, 0.25) is 0 Å². The lowest BCUT2D eigenvalue weighted by Crippen LogP contribution is -2.55. The van der Waals surface area contributed by atoms with E-state index in [1.54, 1.807) is 0 Å². The van der Waals surface area contributed by atoms with Gasteiger partial charge in [0.05, 0.1) is 26.4 Å². The molecule has 4 saturated carbocycles. The first-order chi connectivity index (χ1) is 10.1. The summed E-state index contributed by atoms with van der Waals surface area (Å²) in [6.07, 6.45) is 6.40. The van der Waals surface area contributed by atoms with Crippen molar-refractivity contribution in [2.75, 3.05) is 14.2 Å². The van der Waals surface area contributed by atoms with Crippen LogP contribution < -0.4 is 0 Å². The van der Waals surface area contributed by atoms with Crippen LogP contribution in [0.15, 0.2) is 0 Å². The van der Waals surface area contributed by atoms with E-state index in [-0.39, 0.29) is 35.0 Å². The van der Waals surface area contributed by atoms with E-state index in [2.05, 4.69) is 0 Å². The van der Waals surface area contributed by atoms with Crippen LogP contribution in [0.5, 0.6) is 0 Å². The molecule has 6 fully saturated rings. The molecular formula is C16H20O5. The Hall–Kier alpha value is -1.10. The lowest BCUT2D eigenvalue weighted by atomic mass is 9.53. The van der Waals surface area contributed by atoms with E-state index in [0.29, 0.717) is 0 Å². The van der Waals surface area contributed by atoms with Crippen LogP contribution >= 0.6 is 0 Å². The zero-order chi connectivity index (χ0) is 14.7. The molecule has 2 spiro atoms. The number of hydrogen-bond donors (Lipinski definition) is 0. The van der Waals surface area contributed by atoms with Crippen molar-refractivity contribution in [2.45, 2.75) is 50.7 Å². The second-order valence-corrected chi connectivity index (χ2v) is 7.35. The summed E-state index contributed by atoms with van der Waals surface area (Å²) in [5.41, 5.74) is -1.73. The largest absolute Gasteiger partial charge is 0.468 e. The van der Waals surface area contributed by atoms with Gasteiger partial charge < -0.3 is 14.2 Å². The lowest BCUT2D eigenvalue weighted by molar-refractivity contribution is -0.181. The summed E-state index contributed by atoms with van der Waals surface area (Å²) in [4.78, 5) is 25.2. The second kappa shape index (κ2) is 3.14. The second-order valence-electron chi connectivity index (χ2n) is 7.35. The number of methoxy groups -OCH3 is 2. The van der Waals surface area contributed by atoms with Crippen LogP contribution in [0.3, 0.4) is 0 Å². The number of carbonyl (C=O) groups is 2. The van der Waals surface area contributed by atoms with Gasteiger partial charge in [-0.15, -0.1) is 0 Å². The van der Waals surface area contributed by atoms with Crippen molar-refractivity contribution >= 4 is 11.9 Å². The van der Waals surface area contributed by atoms with Gasteiger partial charge in [-0.05, 0) is 12.8 Å². The molecule has 0 amide bonds. The molecule has 0 aromatic rings. The molecule has 5 nitrogen and oxygen atoms in total. The van der Waals surface area contributed by atoms with Gasteiger partial charge in [0.2, 0.25) is 0 Å². The third-order valence-corrected chi connectivity index (χ3v) is 7.52. The zero-order valence-electron chi connectivity index (χ0n) is 12.4. The number of esters is 2. The molecule has 2 bridgehead atoms. The summed E-state index contributed by atoms with van der Waals surface area (Å²) in [6.45, 7) is 0. The molecule has 0 aromatic carbocycles. The fourth-order valence-electron chi connectivity index (χ4n) is 7.28. The van der Waals surface area contributed by atoms with Gasteiger partial charge in [0.1, 0.15) is 10.8 Å². The van der Waals surface area contributed by atoms with E-state index in [4.69, 9.17) is 14.2 Å². The fourth-order valence-corrected chi connectivity index (χ4v) is 7.28. The minimum atomic E-state index is -0.732. The Kier molecular flexibility index (Phi) is 1.86. The molecule has 21 heavy (non-hydrogen) atoms. The monoisotopic (exact) mass is 292 g/mol. The molecule has 6 atom stereocenters. The number of carbonyl (C=O) groups excluding carboxylic acids is 2. The molecule has 4 aliphatic carbocycles. The van der Waals surface area contributed by atoms with Gasteiger partial charge in [-0.1, -0.05) is 25.7 Å². The Morgan fingerprint density at radius 1 is 0.857 bits per heavy atom. The Balaban J connectivity index is 1.68. The van der Waals surface area contributed by atoms with Crippen LogP contribution in [0.4, 0.5) is 0 Å². The van der Waals surface area contributed by atoms with Crippen molar-refractivity contribution < 1.29 is 23.8 Å². The Morgan fingerprint density at radius 3 is 1.67 bits per heavy atom. The Morgan fingerprint density at radius 2 is 1.29 bits per heavy atom. The van der Waals surface area contributed by atoms with Gasteiger partial charge in [-0.25, -0.2) is 0 Å². The van der Waals surface area contributed by atoms with Gasteiger partial charge in [0, 0.05) is 10.8 Å². The minimum absolute atomic E-state index is 0.111. The summed E-state index contributed by atoms with van der Waals surface area (Å²) in [7, 11) is 2.83. The van der Waals surface area contributed by atoms with Gasteiger partial charge >= 0.3 is 11.9 Å². The van der Waals surface area contributed by atoms with Gasteiger partial charge in [-0.2, -0.15) is 0 Å². The molecule has 0 aromatic heterocycles. The average molecular weight is 292 g/mol. The number of rotatable bonds is 2. The molecule has 0 radical (unpaired) electrons. The highest BCUT2D eigenvalue weighted by Gasteiger charge is 3.23. The van der Waals surface area contributed by atoms with Crippen LogP contribution in [-0.2, 0) is 23.8 Å². The van der Waals surface area contributed by atoms with Crippen LogP contribution in [-0.4, -0.2) is 38.4 Å². The summed E-state index contributed by atoms with van der Waals surface area (Å²) < 4.78 is 16.3. The molecule has 0 N–H and O–H groups in total. The van der Waals surface area contributed by atoms with Gasteiger partial charge in [-0.3, -0.25) is 9.59 Å². The molecule has 2 aliphatic heterocycles. The average Bonchev–Trinajstić information content (AvgIpc) is 3.12. The highest BCUT2D eigenvalue weighted by Crippen LogP contribution is 3.12. The lowest BCUT2D eigenvalue weighted by Gasteiger charge is -2.46. The Labute approximate surface area is 123 Å². The van der Waals surface area contributed by atoms with Crippen LogP contribution in [0.1, 0.15) is 38.5 Å². The van der Waals surface area contributed by atoms with Crippen LogP contribution in [0.25, 0.3) is 0 Å². The van der Waals surface area contributed by atoms with Crippen molar-refractivity contribution in [2.24, 2.45) is 21.7 Å². The molecule has 6 aliphatic rings. The summed E-state index contributed by atoms with van der Waals surface area (Å²) in [6, 6.07) is 0. The molecule has 5 heteroatoms. The molecule has 114 valence electrons. The predicted octanol–water partition coefficient (Wildman–Crippen LogP) is 1.44. The molecule has 2 heterocycles. The maximum atomic E-state index is 12.6. The SMILES string of the molecule is COC(=O)C12C3OC4C5(CCCCCCC351)C42C(=O)OC. The predicted molar refractivity (Wildman–Crippen MR) is 70.1 cm³/mol. The van der Waals surface area contributed by atoms with Crippen molar-refractivity contribution in [1.29, 1.82) is 0 Å². The molecule has 2 saturated heterocycles.